The Bertz CT molecular complexity index is 1250. The van der Waals surface area contributed by atoms with E-state index in [1.54, 1.807) is 6.08 Å². The molecule has 0 aromatic heterocycles. The van der Waals surface area contributed by atoms with Crippen LogP contribution in [0.4, 0.5) is 0 Å². The van der Waals surface area contributed by atoms with Crippen molar-refractivity contribution in [1.29, 1.82) is 0 Å². The molecule has 4 nitrogen and oxygen atoms in total. The van der Waals surface area contributed by atoms with E-state index in [-0.39, 0.29) is 12.5 Å². The van der Waals surface area contributed by atoms with E-state index in [1.807, 2.05) is 6.08 Å². The van der Waals surface area contributed by atoms with Crippen LogP contribution >= 0.6 is 0 Å². The molecule has 0 bridgehead atoms. The number of amides is 1. The van der Waals surface area contributed by atoms with Crippen molar-refractivity contribution in [2.24, 2.45) is 0 Å². The Hall–Kier alpha value is -2.69. The van der Waals surface area contributed by atoms with Gasteiger partial charge in [0, 0.05) is 6.42 Å². The largest absolute Gasteiger partial charge is 0.394 e. The molecule has 0 saturated carbocycles. The smallest absolute Gasteiger partial charge is 0.220 e. The molecule has 0 saturated heterocycles. The van der Waals surface area contributed by atoms with Gasteiger partial charge in [0.25, 0.3) is 0 Å². The van der Waals surface area contributed by atoms with E-state index >= 15 is 0 Å². The zero-order valence-electron chi connectivity index (χ0n) is 45.1. The van der Waals surface area contributed by atoms with Crippen LogP contribution in [0.25, 0.3) is 0 Å². The molecule has 2 atom stereocenters. The van der Waals surface area contributed by atoms with Gasteiger partial charge in [0.15, 0.2) is 0 Å². The van der Waals surface area contributed by atoms with E-state index in [9.17, 15) is 15.0 Å². The van der Waals surface area contributed by atoms with Gasteiger partial charge in [0.2, 0.25) is 5.91 Å². The second-order valence-electron chi connectivity index (χ2n) is 19.7. The summed E-state index contributed by atoms with van der Waals surface area (Å²) in [5, 5.41) is 23.1. The second-order valence-corrected chi connectivity index (χ2v) is 19.7. The predicted octanol–water partition coefficient (Wildman–Crippen LogP) is 19.7. The fourth-order valence-corrected chi connectivity index (χ4v) is 8.63. The van der Waals surface area contributed by atoms with E-state index in [4.69, 9.17) is 0 Å². The van der Waals surface area contributed by atoms with Crippen molar-refractivity contribution in [1.82, 2.24) is 5.32 Å². The quantitative estimate of drug-likeness (QED) is 0.0420. The van der Waals surface area contributed by atoms with Crippen LogP contribution in [0, 0.1) is 0 Å². The lowest BCUT2D eigenvalue weighted by Gasteiger charge is -2.20. The first-order chi connectivity index (χ1) is 33.7. The third-order valence-corrected chi connectivity index (χ3v) is 13.1. The molecule has 4 heteroatoms. The summed E-state index contributed by atoms with van der Waals surface area (Å²) in [6.45, 7) is 4.20. The first-order valence-corrected chi connectivity index (χ1v) is 29.5. The molecule has 0 spiro atoms. The van der Waals surface area contributed by atoms with Gasteiger partial charge in [-0.05, 0) is 77.0 Å². The maximum atomic E-state index is 12.5. The first kappa shape index (κ1) is 65.3. The number of aliphatic hydroxyl groups excluding tert-OH is 2. The lowest BCUT2D eigenvalue weighted by Crippen LogP contribution is -2.45. The van der Waals surface area contributed by atoms with Crippen molar-refractivity contribution in [2.45, 2.75) is 296 Å². The molecule has 0 fully saturated rings. The molecule has 0 rings (SSSR count). The fourth-order valence-electron chi connectivity index (χ4n) is 8.63. The molecule has 0 aliphatic rings. The molecule has 3 N–H and O–H groups in total. The summed E-state index contributed by atoms with van der Waals surface area (Å²) in [7, 11) is 0. The molecule has 2 unspecified atom stereocenters. The number of allylic oxidation sites excluding steroid dienone is 15. The molecule has 68 heavy (non-hydrogen) atoms. The minimum Gasteiger partial charge on any atom is -0.394 e. The summed E-state index contributed by atoms with van der Waals surface area (Å²) in [6.07, 6.45) is 87.2. The summed E-state index contributed by atoms with van der Waals surface area (Å²) in [5.41, 5.74) is 0. The van der Waals surface area contributed by atoms with Crippen LogP contribution < -0.4 is 5.32 Å². The maximum Gasteiger partial charge on any atom is 0.220 e. The Morgan fingerprint density at radius 2 is 0.647 bits per heavy atom. The predicted molar refractivity (Wildman–Crippen MR) is 303 cm³/mol. The van der Waals surface area contributed by atoms with Crippen molar-refractivity contribution in [3.05, 3.63) is 97.2 Å². The van der Waals surface area contributed by atoms with Gasteiger partial charge in [-0.1, -0.05) is 297 Å². The lowest BCUT2D eigenvalue weighted by molar-refractivity contribution is -0.123. The minimum absolute atomic E-state index is 0.0632. The number of aliphatic hydroxyl groups is 2. The van der Waals surface area contributed by atoms with Crippen LogP contribution in [0.1, 0.15) is 284 Å². The molecule has 0 aliphatic carbocycles. The van der Waals surface area contributed by atoms with Gasteiger partial charge in [0.1, 0.15) is 0 Å². The second kappa shape index (κ2) is 58.6. The molecule has 0 aliphatic heterocycles. The number of carbonyl (C=O) groups is 1. The van der Waals surface area contributed by atoms with Gasteiger partial charge in [0.05, 0.1) is 18.8 Å². The number of carbonyl (C=O) groups excluding carboxylic acids is 1. The Morgan fingerprint density at radius 1 is 0.368 bits per heavy atom. The first-order valence-electron chi connectivity index (χ1n) is 29.5. The van der Waals surface area contributed by atoms with E-state index in [2.05, 4.69) is 104 Å². The molecule has 0 heterocycles. The topological polar surface area (TPSA) is 69.6 Å². The van der Waals surface area contributed by atoms with Crippen molar-refractivity contribution < 1.29 is 15.0 Å². The Morgan fingerprint density at radius 3 is 0.971 bits per heavy atom. The summed E-state index contributed by atoms with van der Waals surface area (Å²) < 4.78 is 0. The Balaban J connectivity index is 3.47. The number of rotatable bonds is 53. The normalized spacial score (nSPS) is 13.5. The number of nitrogens with one attached hydrogen (secondary N) is 1. The van der Waals surface area contributed by atoms with E-state index in [0.29, 0.717) is 6.42 Å². The molecule has 0 radical (unpaired) electrons. The molecular weight excluding hydrogens is 831 g/mol. The lowest BCUT2D eigenvalue weighted by atomic mass is 10.0. The van der Waals surface area contributed by atoms with Gasteiger partial charge in [-0.15, -0.1) is 0 Å². The molecule has 0 aromatic rings. The highest BCUT2D eigenvalue weighted by molar-refractivity contribution is 5.76. The van der Waals surface area contributed by atoms with Gasteiger partial charge in [-0.25, -0.2) is 0 Å². The average Bonchev–Trinajstić information content (AvgIpc) is 3.34. The zero-order chi connectivity index (χ0) is 49.2. The molecule has 1 amide bonds. The molecule has 392 valence electrons. The highest BCUT2D eigenvalue weighted by Gasteiger charge is 2.18. The van der Waals surface area contributed by atoms with Gasteiger partial charge in [-0.3, -0.25) is 4.79 Å². The Labute approximate surface area is 424 Å². The fraction of sp³-hybridized carbons (Fsp3) is 0.734. The monoisotopic (exact) mass is 944 g/mol. The highest BCUT2D eigenvalue weighted by Crippen LogP contribution is 2.17. The summed E-state index contributed by atoms with van der Waals surface area (Å²) in [5.74, 6) is -0.0632. The standard InChI is InChI=1S/C64H113NO3/c1-3-5-7-9-11-13-15-17-19-20-21-22-23-24-25-26-27-28-29-30-31-32-33-34-35-36-37-38-39-40-41-42-43-44-46-48-50-52-54-56-58-60-64(68)65-62(61-66)63(67)59-57-55-53-51-49-47-45-18-16-14-12-10-8-6-4-2/h5,7,11,13,17,19,21-22,24-25,27-28,30-31,57,59,62-63,66-67H,3-4,6,8-10,12,14-16,18,20,23,26,29,32-56,58,60-61H2,1-2H3,(H,65,68)/b7-5-,13-11-,19-17-,22-21-,25-24-,28-27-,31-30-,59-57+. The minimum atomic E-state index is -0.841. The van der Waals surface area contributed by atoms with Crippen LogP contribution in [0.15, 0.2) is 97.2 Å². The van der Waals surface area contributed by atoms with Gasteiger partial charge >= 0.3 is 0 Å². The number of unbranched alkanes of at least 4 members (excludes halogenated alkanes) is 32. The van der Waals surface area contributed by atoms with Crippen molar-refractivity contribution in [3.8, 4) is 0 Å². The Kier molecular flexibility index (Phi) is 56.3. The third-order valence-electron chi connectivity index (χ3n) is 13.1. The number of hydrogen-bond acceptors (Lipinski definition) is 3. The van der Waals surface area contributed by atoms with Crippen LogP contribution in [-0.4, -0.2) is 34.9 Å². The number of hydrogen-bond donors (Lipinski definition) is 3. The van der Waals surface area contributed by atoms with E-state index in [0.717, 1.165) is 70.6 Å². The van der Waals surface area contributed by atoms with Crippen LogP contribution in [0.3, 0.4) is 0 Å². The summed E-state index contributed by atoms with van der Waals surface area (Å²) in [6, 6.07) is -0.624. The van der Waals surface area contributed by atoms with Gasteiger partial charge in [-0.2, -0.15) is 0 Å². The molecule has 0 aromatic carbocycles. The summed E-state index contributed by atoms with van der Waals surface area (Å²) >= 11 is 0. The average molecular weight is 945 g/mol. The van der Waals surface area contributed by atoms with Crippen molar-refractivity contribution >= 4 is 5.91 Å². The maximum absolute atomic E-state index is 12.5. The van der Waals surface area contributed by atoms with Crippen molar-refractivity contribution in [2.75, 3.05) is 6.61 Å². The SMILES string of the molecule is CC/C=C\C/C=C\C/C=C\C/C=C\C/C=C\C/C=C\C/C=C\CCCCCCCCCCCCCCCCCCCCCC(=O)NC(CO)C(O)/C=C/CCCCCCCCCCCCCCC. The van der Waals surface area contributed by atoms with Gasteiger partial charge < -0.3 is 15.5 Å². The van der Waals surface area contributed by atoms with E-state index in [1.165, 1.54) is 193 Å². The van der Waals surface area contributed by atoms with Crippen molar-refractivity contribution in [3.63, 3.8) is 0 Å². The highest BCUT2D eigenvalue weighted by atomic mass is 16.3. The zero-order valence-corrected chi connectivity index (χ0v) is 45.1. The summed E-state index contributed by atoms with van der Waals surface area (Å²) in [4.78, 5) is 12.5. The van der Waals surface area contributed by atoms with Crippen LogP contribution in [-0.2, 0) is 4.79 Å². The van der Waals surface area contributed by atoms with Crippen LogP contribution in [0.5, 0.6) is 0 Å². The molecular formula is C64H113NO3. The third kappa shape index (κ3) is 54.3. The van der Waals surface area contributed by atoms with E-state index < -0.39 is 12.1 Å². The van der Waals surface area contributed by atoms with Crippen LogP contribution in [0.2, 0.25) is 0 Å².